The Morgan fingerprint density at radius 1 is 1.13 bits per heavy atom. The summed E-state index contributed by atoms with van der Waals surface area (Å²) < 4.78 is 4.54. The number of carbonyl (C=O) groups is 1. The number of methoxy groups -OCH3 is 1. The van der Waals surface area contributed by atoms with E-state index in [1.165, 1.54) is 7.11 Å². The second kappa shape index (κ2) is 9.30. The molecule has 0 amide bonds. The lowest BCUT2D eigenvalue weighted by molar-refractivity contribution is -0.140. The molecular weight excluding hydrogens is 194 g/mol. The Labute approximate surface area is 90.9 Å². The Morgan fingerprint density at radius 3 is 2.33 bits per heavy atom. The van der Waals surface area contributed by atoms with Crippen LogP contribution in [0.2, 0.25) is 0 Å². The summed E-state index contributed by atoms with van der Waals surface area (Å²) in [7, 11) is 1.41. The lowest BCUT2D eigenvalue weighted by atomic mass is 10.1. The number of esters is 1. The molecule has 0 saturated carbocycles. The zero-order valence-electron chi connectivity index (χ0n) is 9.37. The Hall–Kier alpha value is -1.26. The zero-order chi connectivity index (χ0) is 11.5. The van der Waals surface area contributed by atoms with Gasteiger partial charge in [-0.15, -0.1) is 0 Å². The van der Waals surface area contributed by atoms with Gasteiger partial charge < -0.3 is 16.2 Å². The molecular formula is C10H21N3O2. The van der Waals surface area contributed by atoms with Crippen molar-refractivity contribution in [2.24, 2.45) is 16.5 Å². The van der Waals surface area contributed by atoms with Crippen molar-refractivity contribution in [3.05, 3.63) is 0 Å². The molecule has 0 heterocycles. The van der Waals surface area contributed by atoms with Gasteiger partial charge in [0.05, 0.1) is 7.11 Å². The third-order valence-corrected chi connectivity index (χ3v) is 2.06. The van der Waals surface area contributed by atoms with Crippen LogP contribution in [-0.4, -0.2) is 25.6 Å². The van der Waals surface area contributed by atoms with E-state index in [2.05, 4.69) is 9.73 Å². The molecule has 5 nitrogen and oxygen atoms in total. The van der Waals surface area contributed by atoms with Crippen molar-refractivity contribution in [3.8, 4) is 0 Å². The molecule has 0 fully saturated rings. The number of carbonyl (C=O) groups excluding carboxylic acids is 1. The second-order valence-electron chi connectivity index (χ2n) is 3.40. The number of hydrogen-bond acceptors (Lipinski definition) is 3. The first-order chi connectivity index (χ1) is 7.16. The first kappa shape index (κ1) is 13.7. The lowest BCUT2D eigenvalue weighted by Crippen LogP contribution is -2.22. The van der Waals surface area contributed by atoms with E-state index in [4.69, 9.17) is 11.5 Å². The fourth-order valence-electron chi connectivity index (χ4n) is 1.22. The highest BCUT2D eigenvalue weighted by atomic mass is 16.5. The monoisotopic (exact) mass is 215 g/mol. The quantitative estimate of drug-likeness (QED) is 0.271. The van der Waals surface area contributed by atoms with Crippen LogP contribution >= 0.6 is 0 Å². The third-order valence-electron chi connectivity index (χ3n) is 2.06. The van der Waals surface area contributed by atoms with Gasteiger partial charge in [0.25, 0.3) is 0 Å². The van der Waals surface area contributed by atoms with Crippen molar-refractivity contribution < 1.29 is 9.53 Å². The van der Waals surface area contributed by atoms with Gasteiger partial charge in [0.15, 0.2) is 5.96 Å². The average Bonchev–Trinajstić information content (AvgIpc) is 2.21. The van der Waals surface area contributed by atoms with Crippen molar-refractivity contribution >= 4 is 11.9 Å². The van der Waals surface area contributed by atoms with E-state index in [9.17, 15) is 4.79 Å². The van der Waals surface area contributed by atoms with E-state index in [0.717, 1.165) is 32.1 Å². The van der Waals surface area contributed by atoms with Gasteiger partial charge in [-0.3, -0.25) is 9.79 Å². The molecule has 0 saturated heterocycles. The fraction of sp³-hybridized carbons (Fsp3) is 0.800. The predicted molar refractivity (Wildman–Crippen MR) is 60.4 cm³/mol. The van der Waals surface area contributed by atoms with Gasteiger partial charge in [-0.25, -0.2) is 0 Å². The van der Waals surface area contributed by atoms with E-state index in [1.54, 1.807) is 0 Å². The highest BCUT2D eigenvalue weighted by Crippen LogP contribution is 2.05. The summed E-state index contributed by atoms with van der Waals surface area (Å²) in [4.78, 5) is 14.6. The topological polar surface area (TPSA) is 90.7 Å². The molecule has 88 valence electrons. The first-order valence-corrected chi connectivity index (χ1v) is 5.29. The van der Waals surface area contributed by atoms with Gasteiger partial charge >= 0.3 is 5.97 Å². The summed E-state index contributed by atoms with van der Waals surface area (Å²) in [6.45, 7) is 0.694. The number of rotatable bonds is 8. The van der Waals surface area contributed by atoms with Crippen molar-refractivity contribution in [2.45, 2.75) is 38.5 Å². The van der Waals surface area contributed by atoms with Gasteiger partial charge in [-0.2, -0.15) is 0 Å². The molecule has 0 aromatic heterocycles. The maximum Gasteiger partial charge on any atom is 0.305 e. The molecule has 0 aromatic rings. The number of hydrogen-bond donors (Lipinski definition) is 2. The largest absolute Gasteiger partial charge is 0.469 e. The molecule has 0 aliphatic carbocycles. The molecule has 4 N–H and O–H groups in total. The van der Waals surface area contributed by atoms with Gasteiger partial charge in [0.1, 0.15) is 0 Å². The Bertz CT molecular complexity index is 201. The van der Waals surface area contributed by atoms with Crippen LogP contribution in [0.15, 0.2) is 4.99 Å². The van der Waals surface area contributed by atoms with Crippen LogP contribution in [0, 0.1) is 0 Å². The Balaban J connectivity index is 3.12. The summed E-state index contributed by atoms with van der Waals surface area (Å²) in [6.07, 6.45) is 5.67. The number of guanidine groups is 1. The average molecular weight is 215 g/mol. The van der Waals surface area contributed by atoms with E-state index in [-0.39, 0.29) is 11.9 Å². The number of aliphatic imine (C=N–C) groups is 1. The van der Waals surface area contributed by atoms with Crippen molar-refractivity contribution in [1.29, 1.82) is 0 Å². The lowest BCUT2D eigenvalue weighted by Gasteiger charge is -2.00. The number of nitrogens with zero attached hydrogens (tertiary/aromatic N) is 1. The van der Waals surface area contributed by atoms with Crippen molar-refractivity contribution in [2.75, 3.05) is 13.7 Å². The summed E-state index contributed by atoms with van der Waals surface area (Å²) >= 11 is 0. The Morgan fingerprint density at radius 2 is 1.73 bits per heavy atom. The van der Waals surface area contributed by atoms with Crippen molar-refractivity contribution in [1.82, 2.24) is 0 Å². The van der Waals surface area contributed by atoms with Gasteiger partial charge in [0, 0.05) is 13.0 Å². The van der Waals surface area contributed by atoms with Gasteiger partial charge in [-0.05, 0) is 12.8 Å². The molecule has 0 unspecified atom stereocenters. The maximum atomic E-state index is 10.8. The predicted octanol–water partition coefficient (Wildman–Crippen LogP) is 0.773. The smallest absolute Gasteiger partial charge is 0.305 e. The molecule has 0 atom stereocenters. The van der Waals surface area contributed by atoms with Crippen LogP contribution < -0.4 is 11.5 Å². The number of nitrogens with two attached hydrogens (primary N) is 2. The molecule has 0 radical (unpaired) electrons. The van der Waals surface area contributed by atoms with E-state index in [1.807, 2.05) is 0 Å². The minimum atomic E-state index is -0.129. The van der Waals surface area contributed by atoms with Crippen LogP contribution in [-0.2, 0) is 9.53 Å². The van der Waals surface area contributed by atoms with Crippen LogP contribution in [0.5, 0.6) is 0 Å². The van der Waals surface area contributed by atoms with Crippen LogP contribution in [0.25, 0.3) is 0 Å². The molecule has 0 bridgehead atoms. The zero-order valence-corrected chi connectivity index (χ0v) is 9.37. The highest BCUT2D eigenvalue weighted by molar-refractivity contribution is 5.75. The van der Waals surface area contributed by atoms with Crippen LogP contribution in [0.1, 0.15) is 38.5 Å². The van der Waals surface area contributed by atoms with Crippen LogP contribution in [0.3, 0.4) is 0 Å². The van der Waals surface area contributed by atoms with E-state index in [0.29, 0.717) is 13.0 Å². The maximum absolute atomic E-state index is 10.8. The minimum absolute atomic E-state index is 0.129. The fourth-order valence-corrected chi connectivity index (χ4v) is 1.22. The minimum Gasteiger partial charge on any atom is -0.469 e. The molecule has 0 rings (SSSR count). The third kappa shape index (κ3) is 10.7. The summed E-state index contributed by atoms with van der Waals surface area (Å²) in [5, 5.41) is 0. The molecule has 0 aliphatic heterocycles. The Kier molecular flexibility index (Phi) is 8.52. The van der Waals surface area contributed by atoms with Crippen LogP contribution in [0.4, 0.5) is 0 Å². The van der Waals surface area contributed by atoms with Gasteiger partial charge in [0.2, 0.25) is 0 Å². The number of unbranched alkanes of at least 4 members (excludes halogenated alkanes) is 4. The molecule has 15 heavy (non-hydrogen) atoms. The molecule has 0 aliphatic rings. The van der Waals surface area contributed by atoms with Crippen molar-refractivity contribution in [3.63, 3.8) is 0 Å². The van der Waals surface area contributed by atoms with E-state index >= 15 is 0 Å². The summed E-state index contributed by atoms with van der Waals surface area (Å²) in [5.74, 6) is 0.0243. The normalized spacial score (nSPS) is 9.67. The molecule has 5 heteroatoms. The summed E-state index contributed by atoms with van der Waals surface area (Å²) in [6, 6.07) is 0. The summed E-state index contributed by atoms with van der Waals surface area (Å²) in [5.41, 5.74) is 10.4. The second-order valence-corrected chi connectivity index (χ2v) is 3.40. The van der Waals surface area contributed by atoms with Gasteiger partial charge in [-0.1, -0.05) is 19.3 Å². The SMILES string of the molecule is COC(=O)CCCCCCCN=C(N)N. The standard InChI is InChI=1S/C10H21N3O2/c1-15-9(14)7-5-3-2-4-6-8-13-10(11)12/h2-8H2,1H3,(H4,11,12,13). The molecule has 0 aromatic carbocycles. The number of ether oxygens (including phenoxy) is 1. The van der Waals surface area contributed by atoms with E-state index < -0.39 is 0 Å². The highest BCUT2D eigenvalue weighted by Gasteiger charge is 1.98. The first-order valence-electron chi connectivity index (χ1n) is 5.29. The molecule has 0 spiro atoms.